The number of carbonyl (C=O) groups excluding carboxylic acids is 1. The van der Waals surface area contributed by atoms with E-state index in [4.69, 9.17) is 9.47 Å². The van der Waals surface area contributed by atoms with Crippen LogP contribution >= 0.6 is 0 Å². The zero-order valence-electron chi connectivity index (χ0n) is 11.7. The van der Waals surface area contributed by atoms with Gasteiger partial charge in [-0.1, -0.05) is 0 Å². The predicted molar refractivity (Wildman–Crippen MR) is 67.0 cm³/mol. The van der Waals surface area contributed by atoms with E-state index >= 15 is 0 Å². The Labute approximate surface area is 121 Å². The Morgan fingerprint density at radius 1 is 1.10 bits per heavy atom. The molecule has 0 aromatic carbocycles. The average molecular weight is 310 g/mol. The smallest absolute Gasteiger partial charge is 0.187 e. The van der Waals surface area contributed by atoms with Crippen molar-refractivity contribution in [1.29, 1.82) is 0 Å². The molecule has 0 spiro atoms. The third-order valence-electron chi connectivity index (χ3n) is 3.40. The lowest BCUT2D eigenvalue weighted by Gasteiger charge is -2.41. The molecular formula is C12H22O9. The third-order valence-corrected chi connectivity index (χ3v) is 3.40. The largest absolute Gasteiger partial charge is 0.391 e. The van der Waals surface area contributed by atoms with E-state index in [1.807, 2.05) is 0 Å². The molecule has 1 aliphatic heterocycles. The fraction of sp³-hybridized carbons (Fsp3) is 0.917. The summed E-state index contributed by atoms with van der Waals surface area (Å²) in [5.74, 6) is 0. The van der Waals surface area contributed by atoms with E-state index in [2.05, 4.69) is 0 Å². The van der Waals surface area contributed by atoms with Crippen molar-refractivity contribution in [3.05, 3.63) is 0 Å². The van der Waals surface area contributed by atoms with Crippen molar-refractivity contribution >= 4 is 6.29 Å². The molecule has 0 aliphatic carbocycles. The van der Waals surface area contributed by atoms with Gasteiger partial charge in [0, 0.05) is 0 Å². The van der Waals surface area contributed by atoms with Gasteiger partial charge in [0.1, 0.15) is 36.6 Å². The zero-order chi connectivity index (χ0) is 16.3. The number of hydrogen-bond acceptors (Lipinski definition) is 9. The second-order valence-electron chi connectivity index (χ2n) is 5.14. The lowest BCUT2D eigenvalue weighted by molar-refractivity contribution is -0.318. The molecule has 1 heterocycles. The number of aliphatic hydroxyl groups excluding tert-OH is 6. The highest BCUT2D eigenvalue weighted by atomic mass is 16.7. The van der Waals surface area contributed by atoms with Crippen LogP contribution in [0.2, 0.25) is 0 Å². The van der Waals surface area contributed by atoms with Crippen LogP contribution in [-0.4, -0.2) is 92.0 Å². The van der Waals surface area contributed by atoms with Crippen LogP contribution in [0.3, 0.4) is 0 Å². The van der Waals surface area contributed by atoms with E-state index in [1.54, 1.807) is 0 Å². The summed E-state index contributed by atoms with van der Waals surface area (Å²) in [5, 5.41) is 57.5. The van der Waals surface area contributed by atoms with Gasteiger partial charge in [0.15, 0.2) is 12.6 Å². The molecule has 1 fully saturated rings. The van der Waals surface area contributed by atoms with Gasteiger partial charge in [-0.3, -0.25) is 0 Å². The van der Waals surface area contributed by atoms with Crippen molar-refractivity contribution in [2.24, 2.45) is 0 Å². The second kappa shape index (κ2) is 7.56. The minimum atomic E-state index is -1.79. The summed E-state index contributed by atoms with van der Waals surface area (Å²) in [6.45, 7) is 2.68. The molecule has 0 radical (unpaired) electrons. The van der Waals surface area contributed by atoms with Gasteiger partial charge in [-0.15, -0.1) is 0 Å². The van der Waals surface area contributed by atoms with Crippen molar-refractivity contribution in [1.82, 2.24) is 0 Å². The van der Waals surface area contributed by atoms with Crippen molar-refractivity contribution in [2.75, 3.05) is 0 Å². The quantitative estimate of drug-likeness (QED) is 0.274. The molecule has 9 atom stereocenters. The molecule has 0 bridgehead atoms. The fourth-order valence-electron chi connectivity index (χ4n) is 2.04. The SMILES string of the molecule is C[C@H](O)[C@@H](O[C@@H]1O[C@@H](C)[C@@H](O)[C@@H](O)[C@@H]1O)[C@@H](O)[C@H](O)C=O. The maximum Gasteiger partial charge on any atom is 0.187 e. The Kier molecular flexibility index (Phi) is 6.63. The lowest BCUT2D eigenvalue weighted by Crippen LogP contribution is -2.59. The van der Waals surface area contributed by atoms with Crippen LogP contribution in [0.1, 0.15) is 13.8 Å². The van der Waals surface area contributed by atoms with E-state index in [1.165, 1.54) is 13.8 Å². The highest BCUT2D eigenvalue weighted by Gasteiger charge is 2.45. The van der Waals surface area contributed by atoms with E-state index < -0.39 is 55.1 Å². The van der Waals surface area contributed by atoms with Crippen molar-refractivity contribution in [2.45, 2.75) is 69.0 Å². The summed E-state index contributed by atoms with van der Waals surface area (Å²) >= 11 is 0. The van der Waals surface area contributed by atoms with Gasteiger partial charge in [0.2, 0.25) is 0 Å². The summed E-state index contributed by atoms with van der Waals surface area (Å²) in [6, 6.07) is 0. The zero-order valence-corrected chi connectivity index (χ0v) is 11.7. The molecule has 6 N–H and O–H groups in total. The fourth-order valence-corrected chi connectivity index (χ4v) is 2.04. The first kappa shape index (κ1) is 18.4. The van der Waals surface area contributed by atoms with Crippen LogP contribution in [0.25, 0.3) is 0 Å². The highest BCUT2D eigenvalue weighted by molar-refractivity contribution is 5.56. The van der Waals surface area contributed by atoms with Gasteiger partial charge in [-0.05, 0) is 13.8 Å². The Morgan fingerprint density at radius 2 is 1.67 bits per heavy atom. The molecule has 0 saturated carbocycles. The van der Waals surface area contributed by atoms with E-state index in [-0.39, 0.29) is 6.29 Å². The van der Waals surface area contributed by atoms with Crippen molar-refractivity contribution in [3.63, 3.8) is 0 Å². The predicted octanol–water partition coefficient (Wildman–Crippen LogP) is -3.50. The van der Waals surface area contributed by atoms with Crippen LogP contribution < -0.4 is 0 Å². The third kappa shape index (κ3) is 4.18. The summed E-state index contributed by atoms with van der Waals surface area (Å²) in [6.07, 6.45) is -13.0. The molecule has 0 unspecified atom stereocenters. The second-order valence-corrected chi connectivity index (χ2v) is 5.14. The summed E-state index contributed by atoms with van der Waals surface area (Å²) in [4.78, 5) is 10.5. The van der Waals surface area contributed by atoms with Gasteiger partial charge in [0.05, 0.1) is 12.2 Å². The molecule has 9 nitrogen and oxygen atoms in total. The Bertz CT molecular complexity index is 337. The first-order valence-corrected chi connectivity index (χ1v) is 6.55. The first-order chi connectivity index (χ1) is 9.70. The summed E-state index contributed by atoms with van der Waals surface area (Å²) < 4.78 is 10.3. The number of hydrogen-bond donors (Lipinski definition) is 6. The number of aldehydes is 1. The van der Waals surface area contributed by atoms with E-state index in [0.717, 1.165) is 0 Å². The lowest BCUT2D eigenvalue weighted by atomic mass is 9.99. The van der Waals surface area contributed by atoms with Crippen molar-refractivity contribution in [3.8, 4) is 0 Å². The standard InChI is InChI=1S/C12H22O9/c1-4(14)11(8(17)6(15)3-13)21-12-10(19)9(18)7(16)5(2)20-12/h3-12,14-19H,1-2H3/t4-,5-,6+,7+,8-,9+,10-,11+,12-/m0/s1. The molecule has 21 heavy (non-hydrogen) atoms. The first-order valence-electron chi connectivity index (χ1n) is 6.55. The normalized spacial score (nSPS) is 39.3. The number of aliphatic hydroxyl groups is 6. The van der Waals surface area contributed by atoms with Gasteiger partial charge < -0.3 is 44.9 Å². The van der Waals surface area contributed by atoms with Crippen LogP contribution in [0.4, 0.5) is 0 Å². The van der Waals surface area contributed by atoms with Gasteiger partial charge in [0.25, 0.3) is 0 Å². The van der Waals surface area contributed by atoms with Crippen LogP contribution in [-0.2, 0) is 14.3 Å². The molecule has 0 aromatic heterocycles. The Balaban J connectivity index is 2.81. The monoisotopic (exact) mass is 310 g/mol. The summed E-state index contributed by atoms with van der Waals surface area (Å²) in [5.41, 5.74) is 0. The molecule has 1 rings (SSSR count). The summed E-state index contributed by atoms with van der Waals surface area (Å²) in [7, 11) is 0. The molecule has 124 valence electrons. The Hall–Kier alpha value is -0.650. The van der Waals surface area contributed by atoms with Crippen LogP contribution in [0.15, 0.2) is 0 Å². The van der Waals surface area contributed by atoms with Crippen molar-refractivity contribution < 1.29 is 44.9 Å². The Morgan fingerprint density at radius 3 is 2.14 bits per heavy atom. The number of ether oxygens (including phenoxy) is 2. The molecule has 0 amide bonds. The van der Waals surface area contributed by atoms with E-state index in [0.29, 0.717) is 0 Å². The number of carbonyl (C=O) groups is 1. The molecule has 9 heteroatoms. The minimum Gasteiger partial charge on any atom is -0.391 e. The van der Waals surface area contributed by atoms with Crippen LogP contribution in [0, 0.1) is 0 Å². The van der Waals surface area contributed by atoms with E-state index in [9.17, 15) is 35.4 Å². The molecular weight excluding hydrogens is 288 g/mol. The average Bonchev–Trinajstić information content (AvgIpc) is 2.45. The maximum atomic E-state index is 10.5. The number of rotatable bonds is 6. The topological polar surface area (TPSA) is 157 Å². The molecule has 1 aliphatic rings. The highest BCUT2D eigenvalue weighted by Crippen LogP contribution is 2.24. The molecule has 1 saturated heterocycles. The maximum absolute atomic E-state index is 10.5. The minimum absolute atomic E-state index is 0.0722. The van der Waals surface area contributed by atoms with Gasteiger partial charge >= 0.3 is 0 Å². The van der Waals surface area contributed by atoms with Crippen LogP contribution in [0.5, 0.6) is 0 Å². The van der Waals surface area contributed by atoms with Gasteiger partial charge in [-0.2, -0.15) is 0 Å². The molecule has 0 aromatic rings. The van der Waals surface area contributed by atoms with Gasteiger partial charge in [-0.25, -0.2) is 0 Å².